The normalized spacial score (nSPS) is 15.5. The summed E-state index contributed by atoms with van der Waals surface area (Å²) in [5, 5.41) is 4.70. The minimum atomic E-state index is -0.156. The highest BCUT2D eigenvalue weighted by molar-refractivity contribution is 6.30. The van der Waals surface area contributed by atoms with Crippen molar-refractivity contribution < 1.29 is 13.9 Å². The van der Waals surface area contributed by atoms with Gasteiger partial charge in [-0.15, -0.1) is 0 Å². The summed E-state index contributed by atoms with van der Waals surface area (Å²) in [4.78, 5) is 18.9. The number of likely N-dealkylation sites (tertiary alicyclic amines) is 1. The van der Waals surface area contributed by atoms with Crippen LogP contribution in [0.4, 0.5) is 0 Å². The molecule has 1 N–H and O–H groups in total. The number of nitrogens with zero attached hydrogens (tertiary/aromatic N) is 2. The van der Waals surface area contributed by atoms with Crippen molar-refractivity contribution in [3.05, 3.63) is 59.6 Å². The maximum absolute atomic E-state index is 12.5. The number of ether oxygens (including phenoxy) is 1. The maximum atomic E-state index is 12.5. The van der Waals surface area contributed by atoms with E-state index >= 15 is 0 Å². The van der Waals surface area contributed by atoms with Gasteiger partial charge < -0.3 is 19.4 Å². The SMILES string of the molecule is O=C(NC1CCN(CCCOc2ccc(Cl)cc2)CC1)c1cc2ccncc2o1. The predicted octanol–water partition coefficient (Wildman–Crippen LogP) is 4.14. The average Bonchev–Trinajstić information content (AvgIpc) is 3.18. The van der Waals surface area contributed by atoms with E-state index in [1.807, 2.05) is 30.3 Å². The Labute approximate surface area is 174 Å². The Bertz CT molecular complexity index is 916. The van der Waals surface area contributed by atoms with Gasteiger partial charge in [0, 0.05) is 42.3 Å². The highest BCUT2D eigenvalue weighted by atomic mass is 35.5. The van der Waals surface area contributed by atoms with Crippen molar-refractivity contribution in [2.24, 2.45) is 0 Å². The molecule has 29 heavy (non-hydrogen) atoms. The fraction of sp³-hybridized carbons (Fsp3) is 0.364. The Morgan fingerprint density at radius 2 is 2.03 bits per heavy atom. The predicted molar refractivity (Wildman–Crippen MR) is 113 cm³/mol. The van der Waals surface area contributed by atoms with Gasteiger partial charge in [-0.05, 0) is 55.7 Å². The van der Waals surface area contributed by atoms with Crippen LogP contribution in [0, 0.1) is 0 Å². The lowest BCUT2D eigenvalue weighted by atomic mass is 10.0. The molecule has 7 heteroatoms. The first-order valence-corrected chi connectivity index (χ1v) is 10.3. The number of benzene rings is 1. The summed E-state index contributed by atoms with van der Waals surface area (Å²) in [7, 11) is 0. The Morgan fingerprint density at radius 3 is 2.79 bits per heavy atom. The smallest absolute Gasteiger partial charge is 0.287 e. The number of halogens is 1. The third-order valence-electron chi connectivity index (χ3n) is 5.17. The van der Waals surface area contributed by atoms with Crippen LogP contribution >= 0.6 is 11.6 Å². The maximum Gasteiger partial charge on any atom is 0.287 e. The fourth-order valence-corrected chi connectivity index (χ4v) is 3.69. The zero-order chi connectivity index (χ0) is 20.1. The fourth-order valence-electron chi connectivity index (χ4n) is 3.56. The highest BCUT2D eigenvalue weighted by Gasteiger charge is 2.22. The molecule has 3 aromatic rings. The Hall–Kier alpha value is -2.57. The highest BCUT2D eigenvalue weighted by Crippen LogP contribution is 2.19. The molecule has 3 heterocycles. The van der Waals surface area contributed by atoms with Crippen LogP contribution in [0.3, 0.4) is 0 Å². The van der Waals surface area contributed by atoms with E-state index in [4.69, 9.17) is 20.8 Å². The molecule has 1 saturated heterocycles. The summed E-state index contributed by atoms with van der Waals surface area (Å²) in [6.45, 7) is 3.61. The molecule has 152 valence electrons. The van der Waals surface area contributed by atoms with Crippen LogP contribution in [0.2, 0.25) is 5.02 Å². The van der Waals surface area contributed by atoms with Gasteiger partial charge in [0.05, 0.1) is 12.8 Å². The van der Waals surface area contributed by atoms with Crippen LogP contribution in [0.25, 0.3) is 11.0 Å². The third-order valence-corrected chi connectivity index (χ3v) is 5.42. The molecule has 0 unspecified atom stereocenters. The van der Waals surface area contributed by atoms with Crippen LogP contribution in [0.15, 0.2) is 53.2 Å². The van der Waals surface area contributed by atoms with E-state index in [1.54, 1.807) is 18.5 Å². The van der Waals surface area contributed by atoms with Crippen LogP contribution in [-0.4, -0.2) is 48.1 Å². The molecule has 0 saturated carbocycles. The molecule has 6 nitrogen and oxygen atoms in total. The Kier molecular flexibility index (Phi) is 6.32. The number of carbonyl (C=O) groups is 1. The molecule has 1 aliphatic rings. The first kappa shape index (κ1) is 19.7. The van der Waals surface area contributed by atoms with Gasteiger partial charge in [-0.2, -0.15) is 0 Å². The number of piperidine rings is 1. The van der Waals surface area contributed by atoms with E-state index in [2.05, 4.69) is 15.2 Å². The summed E-state index contributed by atoms with van der Waals surface area (Å²) in [5.74, 6) is 1.03. The lowest BCUT2D eigenvalue weighted by Gasteiger charge is -2.32. The van der Waals surface area contributed by atoms with Crippen molar-refractivity contribution in [1.29, 1.82) is 0 Å². The van der Waals surface area contributed by atoms with E-state index in [0.29, 0.717) is 23.0 Å². The van der Waals surface area contributed by atoms with E-state index < -0.39 is 0 Å². The van der Waals surface area contributed by atoms with Crippen molar-refractivity contribution in [2.45, 2.75) is 25.3 Å². The van der Waals surface area contributed by atoms with E-state index in [-0.39, 0.29) is 11.9 Å². The number of furan rings is 1. The second kappa shape index (κ2) is 9.29. The van der Waals surface area contributed by atoms with Crippen molar-refractivity contribution >= 4 is 28.5 Å². The first-order chi connectivity index (χ1) is 14.2. The molecule has 4 rings (SSSR count). The molecule has 0 spiro atoms. The molecule has 0 atom stereocenters. The number of carbonyl (C=O) groups excluding carboxylic acids is 1. The molecular weight excluding hydrogens is 390 g/mol. The molecule has 1 aliphatic heterocycles. The van der Waals surface area contributed by atoms with Gasteiger partial charge in [-0.3, -0.25) is 9.78 Å². The van der Waals surface area contributed by atoms with Gasteiger partial charge in [0.1, 0.15) is 5.75 Å². The molecule has 0 aliphatic carbocycles. The van der Waals surface area contributed by atoms with Crippen LogP contribution in [-0.2, 0) is 0 Å². The first-order valence-electron chi connectivity index (χ1n) is 9.92. The molecule has 0 bridgehead atoms. The lowest BCUT2D eigenvalue weighted by molar-refractivity contribution is 0.0884. The van der Waals surface area contributed by atoms with E-state index in [1.165, 1.54) is 0 Å². The monoisotopic (exact) mass is 413 g/mol. The number of rotatable bonds is 7. The van der Waals surface area contributed by atoms with Gasteiger partial charge in [-0.1, -0.05) is 11.6 Å². The molecule has 1 aromatic carbocycles. The van der Waals surface area contributed by atoms with E-state index in [9.17, 15) is 4.79 Å². The summed E-state index contributed by atoms with van der Waals surface area (Å²) >= 11 is 5.87. The summed E-state index contributed by atoms with van der Waals surface area (Å²) in [5.41, 5.74) is 0.633. The number of hydrogen-bond acceptors (Lipinski definition) is 5. The third kappa shape index (κ3) is 5.28. The second-order valence-corrected chi connectivity index (χ2v) is 7.71. The molecule has 1 fully saturated rings. The lowest BCUT2D eigenvalue weighted by Crippen LogP contribution is -2.44. The standard InChI is InChI=1S/C22H24ClN3O3/c23-17-2-4-19(5-3-17)28-13-1-10-26-11-7-18(8-12-26)25-22(27)20-14-16-6-9-24-15-21(16)29-20/h2-6,9,14-15,18H,1,7-8,10-13H2,(H,25,27). The van der Waals surface area contributed by atoms with Crippen LogP contribution in [0.5, 0.6) is 5.75 Å². The van der Waals surface area contributed by atoms with Crippen molar-refractivity contribution in [3.8, 4) is 5.75 Å². The quantitative estimate of drug-likeness (QED) is 0.589. The average molecular weight is 414 g/mol. The van der Waals surface area contributed by atoms with Crippen molar-refractivity contribution in [3.63, 3.8) is 0 Å². The van der Waals surface area contributed by atoms with Gasteiger partial charge in [0.25, 0.3) is 5.91 Å². The number of nitrogens with one attached hydrogen (secondary N) is 1. The molecule has 0 radical (unpaired) electrons. The second-order valence-electron chi connectivity index (χ2n) is 7.27. The summed E-state index contributed by atoms with van der Waals surface area (Å²) in [6, 6.07) is 11.2. The van der Waals surface area contributed by atoms with Crippen LogP contribution in [0.1, 0.15) is 29.8 Å². The van der Waals surface area contributed by atoms with Gasteiger partial charge in [0.2, 0.25) is 0 Å². The zero-order valence-corrected chi connectivity index (χ0v) is 16.9. The van der Waals surface area contributed by atoms with Gasteiger partial charge in [-0.25, -0.2) is 0 Å². The summed E-state index contributed by atoms with van der Waals surface area (Å²) < 4.78 is 11.3. The van der Waals surface area contributed by atoms with Gasteiger partial charge >= 0.3 is 0 Å². The molecule has 2 aromatic heterocycles. The number of amides is 1. The topological polar surface area (TPSA) is 67.6 Å². The van der Waals surface area contributed by atoms with Crippen molar-refractivity contribution in [2.75, 3.05) is 26.2 Å². The molecular formula is C22H24ClN3O3. The number of pyridine rings is 1. The Morgan fingerprint density at radius 1 is 1.24 bits per heavy atom. The minimum Gasteiger partial charge on any atom is -0.494 e. The number of hydrogen-bond donors (Lipinski definition) is 1. The van der Waals surface area contributed by atoms with Crippen LogP contribution < -0.4 is 10.1 Å². The number of fused-ring (bicyclic) bond motifs is 1. The molecule has 1 amide bonds. The van der Waals surface area contributed by atoms with E-state index in [0.717, 1.165) is 50.0 Å². The van der Waals surface area contributed by atoms with Crippen molar-refractivity contribution in [1.82, 2.24) is 15.2 Å². The number of aromatic nitrogens is 1. The Balaban J connectivity index is 1.16. The minimum absolute atomic E-state index is 0.156. The zero-order valence-electron chi connectivity index (χ0n) is 16.1. The van der Waals surface area contributed by atoms with Gasteiger partial charge in [0.15, 0.2) is 11.3 Å². The summed E-state index contributed by atoms with van der Waals surface area (Å²) in [6.07, 6.45) is 6.15. The largest absolute Gasteiger partial charge is 0.494 e.